The summed E-state index contributed by atoms with van der Waals surface area (Å²) in [6.45, 7) is 4.74. The van der Waals surface area contributed by atoms with Crippen LogP contribution in [0.25, 0.3) is 97.9 Å². The fraction of sp³-hybridized carbons (Fsp3) is 0.0612. The molecule has 0 saturated carbocycles. The molecule has 7 aromatic carbocycles. The maximum atomic E-state index is 5.58. The number of aromatic nitrogens is 4. The van der Waals surface area contributed by atoms with E-state index < -0.39 is 0 Å². The summed E-state index contributed by atoms with van der Waals surface area (Å²) < 4.78 is 7.11. The van der Waals surface area contributed by atoms with E-state index in [4.69, 9.17) is 9.97 Å². The molecule has 0 unspecified atom stereocenters. The molecule has 0 fully saturated rings. The lowest BCUT2D eigenvalue weighted by Crippen LogP contribution is -2.17. The summed E-state index contributed by atoms with van der Waals surface area (Å²) in [5.41, 5.74) is 13.8. The molecule has 4 heterocycles. The molecule has 54 heavy (non-hydrogen) atoms. The van der Waals surface area contributed by atoms with Crippen molar-refractivity contribution in [3.8, 4) is 34.0 Å². The molecule has 0 aliphatic heterocycles. The second kappa shape index (κ2) is 10.8. The van der Waals surface area contributed by atoms with Gasteiger partial charge in [-0.25, -0.2) is 9.97 Å². The van der Waals surface area contributed by atoms with Crippen molar-refractivity contribution in [2.75, 3.05) is 0 Å². The molecule has 12 rings (SSSR count). The zero-order valence-electron chi connectivity index (χ0n) is 29.7. The summed E-state index contributed by atoms with van der Waals surface area (Å²) in [4.78, 5) is 11.1. The van der Waals surface area contributed by atoms with Gasteiger partial charge in [0.2, 0.25) is 5.95 Å². The normalized spacial score (nSPS) is 13.5. The van der Waals surface area contributed by atoms with Crippen LogP contribution in [0.2, 0.25) is 0 Å². The number of para-hydroxylation sites is 2. The number of thiophene rings is 1. The molecule has 4 nitrogen and oxygen atoms in total. The molecular weight excluding hydrogens is 677 g/mol. The largest absolute Gasteiger partial charge is 0.309 e. The van der Waals surface area contributed by atoms with Gasteiger partial charge in [-0.05, 0) is 52.6 Å². The van der Waals surface area contributed by atoms with E-state index in [1.165, 1.54) is 65.0 Å². The number of rotatable bonds is 3. The Kier molecular flexibility index (Phi) is 5.96. The first-order valence-electron chi connectivity index (χ1n) is 18.5. The van der Waals surface area contributed by atoms with E-state index in [1.807, 2.05) is 0 Å². The van der Waals surface area contributed by atoms with E-state index in [9.17, 15) is 0 Å². The Morgan fingerprint density at radius 1 is 0.519 bits per heavy atom. The van der Waals surface area contributed by atoms with Crippen molar-refractivity contribution in [3.63, 3.8) is 0 Å². The van der Waals surface area contributed by atoms with Gasteiger partial charge in [0, 0.05) is 48.3 Å². The topological polar surface area (TPSA) is 35.6 Å². The van der Waals surface area contributed by atoms with Crippen molar-refractivity contribution in [1.82, 2.24) is 19.1 Å². The van der Waals surface area contributed by atoms with E-state index >= 15 is 0 Å². The number of nitrogens with zero attached hydrogens (tertiary/aromatic N) is 4. The molecule has 254 valence electrons. The zero-order valence-corrected chi connectivity index (χ0v) is 30.5. The fourth-order valence-corrected chi connectivity index (χ4v) is 10.5. The summed E-state index contributed by atoms with van der Waals surface area (Å²) in [5, 5.41) is 6.04. The van der Waals surface area contributed by atoms with Gasteiger partial charge in [0.25, 0.3) is 0 Å². The molecule has 1 aliphatic rings. The number of hydrogen-bond donors (Lipinski definition) is 0. The Morgan fingerprint density at radius 2 is 1.17 bits per heavy atom. The quantitative estimate of drug-likeness (QED) is 0.183. The first kappa shape index (κ1) is 30.0. The highest BCUT2D eigenvalue weighted by Gasteiger charge is 2.39. The van der Waals surface area contributed by atoms with Crippen LogP contribution in [0.5, 0.6) is 0 Å². The van der Waals surface area contributed by atoms with Crippen molar-refractivity contribution in [3.05, 3.63) is 169 Å². The minimum absolute atomic E-state index is 0.241. The second-order valence-corrected chi connectivity index (χ2v) is 16.0. The van der Waals surface area contributed by atoms with Crippen LogP contribution in [0.3, 0.4) is 0 Å². The van der Waals surface area contributed by atoms with Crippen molar-refractivity contribution < 1.29 is 0 Å². The fourth-order valence-electron chi connectivity index (χ4n) is 9.37. The van der Waals surface area contributed by atoms with E-state index in [1.54, 1.807) is 11.3 Å². The third kappa shape index (κ3) is 3.91. The van der Waals surface area contributed by atoms with Crippen LogP contribution in [0.4, 0.5) is 0 Å². The molecule has 0 radical (unpaired) electrons. The van der Waals surface area contributed by atoms with Gasteiger partial charge in [0.15, 0.2) is 0 Å². The molecule has 0 bridgehead atoms. The van der Waals surface area contributed by atoms with Crippen LogP contribution in [0, 0.1) is 0 Å². The van der Waals surface area contributed by atoms with Gasteiger partial charge in [-0.2, -0.15) is 0 Å². The van der Waals surface area contributed by atoms with Gasteiger partial charge in [-0.1, -0.05) is 141 Å². The summed E-state index contributed by atoms with van der Waals surface area (Å²) in [6, 6.07) is 57.2. The lowest BCUT2D eigenvalue weighted by atomic mass is 9.81. The minimum Gasteiger partial charge on any atom is -0.309 e. The molecule has 0 atom stereocenters. The van der Waals surface area contributed by atoms with Crippen molar-refractivity contribution in [1.29, 1.82) is 0 Å². The Balaban J connectivity index is 1.26. The molecule has 0 saturated heterocycles. The highest BCUT2D eigenvalue weighted by molar-refractivity contribution is 7.26. The number of benzene rings is 7. The molecule has 1 aliphatic carbocycles. The van der Waals surface area contributed by atoms with Gasteiger partial charge < -0.3 is 4.57 Å². The van der Waals surface area contributed by atoms with Crippen LogP contribution in [0.15, 0.2) is 158 Å². The lowest BCUT2D eigenvalue weighted by Gasteiger charge is -2.23. The molecule has 4 aromatic heterocycles. The number of hydrogen-bond acceptors (Lipinski definition) is 3. The standard InChI is InChI=1S/C49H32N4S/c1-49(2)38-20-10-6-16-31(38)35-26-27-36-34-25-24-30(52-39-21-11-7-17-32(39)33-18-8-12-22-40(33)52)28-41(34)53(46(36)43(35)49)48-50-44(29-14-4-3-5-15-29)47-45(51-48)37-19-9-13-23-42(37)54-47/h3-28H,1-2H3. The van der Waals surface area contributed by atoms with Gasteiger partial charge in [0.05, 0.1) is 38.0 Å². The Morgan fingerprint density at radius 3 is 1.96 bits per heavy atom. The molecule has 11 aromatic rings. The molecule has 5 heteroatoms. The monoisotopic (exact) mass is 708 g/mol. The zero-order chi connectivity index (χ0) is 35.7. The first-order valence-corrected chi connectivity index (χ1v) is 19.3. The van der Waals surface area contributed by atoms with Crippen LogP contribution < -0.4 is 0 Å². The smallest absolute Gasteiger partial charge is 0.235 e. The SMILES string of the molecule is CC1(C)c2ccccc2-c2ccc3c4ccc(-n5c6ccccc6c6ccccc65)cc4n(-c4nc(-c5ccccc5)c5sc6ccccc6c5n4)c3c21. The molecule has 0 N–H and O–H groups in total. The summed E-state index contributed by atoms with van der Waals surface area (Å²) in [5.74, 6) is 0.685. The molecule has 0 amide bonds. The summed E-state index contributed by atoms with van der Waals surface area (Å²) in [6.07, 6.45) is 0. The van der Waals surface area contributed by atoms with Crippen LogP contribution in [-0.2, 0) is 5.41 Å². The molecule has 0 spiro atoms. The van der Waals surface area contributed by atoms with E-state index in [-0.39, 0.29) is 5.41 Å². The Labute approximate surface area is 315 Å². The van der Waals surface area contributed by atoms with Crippen LogP contribution >= 0.6 is 11.3 Å². The third-order valence-corrected chi connectivity index (χ3v) is 12.9. The van der Waals surface area contributed by atoms with E-state index in [2.05, 4.69) is 181 Å². The lowest BCUT2D eigenvalue weighted by molar-refractivity contribution is 0.663. The predicted molar refractivity (Wildman–Crippen MR) is 227 cm³/mol. The van der Waals surface area contributed by atoms with E-state index in [0.29, 0.717) is 5.95 Å². The number of fused-ring (bicyclic) bond motifs is 13. The van der Waals surface area contributed by atoms with Gasteiger partial charge in [-0.15, -0.1) is 11.3 Å². The van der Waals surface area contributed by atoms with E-state index in [0.717, 1.165) is 38.1 Å². The van der Waals surface area contributed by atoms with Gasteiger partial charge >= 0.3 is 0 Å². The van der Waals surface area contributed by atoms with Crippen molar-refractivity contribution >= 4 is 75.3 Å². The van der Waals surface area contributed by atoms with Gasteiger partial charge in [-0.3, -0.25) is 4.57 Å². The minimum atomic E-state index is -0.241. The van der Waals surface area contributed by atoms with Gasteiger partial charge in [0.1, 0.15) is 0 Å². The predicted octanol–water partition coefficient (Wildman–Crippen LogP) is 13.0. The Hall–Kier alpha value is -6.56. The average Bonchev–Trinajstić information content (AvgIpc) is 3.93. The highest BCUT2D eigenvalue weighted by Crippen LogP contribution is 2.53. The summed E-state index contributed by atoms with van der Waals surface area (Å²) >= 11 is 1.77. The van der Waals surface area contributed by atoms with Crippen LogP contribution in [-0.4, -0.2) is 19.1 Å². The third-order valence-electron chi connectivity index (χ3n) is 11.7. The maximum absolute atomic E-state index is 5.58. The van der Waals surface area contributed by atoms with Crippen molar-refractivity contribution in [2.24, 2.45) is 0 Å². The molecular formula is C49H32N4S. The maximum Gasteiger partial charge on any atom is 0.235 e. The highest BCUT2D eigenvalue weighted by atomic mass is 32.1. The Bertz CT molecular complexity index is 3310. The van der Waals surface area contributed by atoms with Crippen LogP contribution in [0.1, 0.15) is 25.0 Å². The van der Waals surface area contributed by atoms with Crippen molar-refractivity contribution in [2.45, 2.75) is 19.3 Å². The second-order valence-electron chi connectivity index (χ2n) is 15.0. The summed E-state index contributed by atoms with van der Waals surface area (Å²) in [7, 11) is 0. The first-order chi connectivity index (χ1) is 26.6. The average molecular weight is 709 g/mol.